The largest absolute Gasteiger partial charge is 0.396 e. The monoisotopic (exact) mass is 365 g/mol. The van der Waals surface area contributed by atoms with Crippen LogP contribution in [0.3, 0.4) is 0 Å². The van der Waals surface area contributed by atoms with E-state index in [-0.39, 0.29) is 6.61 Å². The van der Waals surface area contributed by atoms with E-state index in [9.17, 15) is 0 Å². The number of unbranched alkanes of at least 4 members (excludes halogenated alkanes) is 1. The molecule has 0 aromatic carbocycles. The molecule has 0 aliphatic carbocycles. The van der Waals surface area contributed by atoms with Gasteiger partial charge in [0.15, 0.2) is 0 Å². The van der Waals surface area contributed by atoms with E-state index in [0.717, 1.165) is 47.4 Å². The fourth-order valence-electron chi connectivity index (χ4n) is 3.06. The topological polar surface area (TPSA) is 86.1 Å². The molecule has 0 fully saturated rings. The van der Waals surface area contributed by atoms with Crippen LogP contribution in [-0.4, -0.2) is 45.9 Å². The molecule has 8 heteroatoms. The van der Waals surface area contributed by atoms with E-state index < -0.39 is 0 Å². The zero-order valence-electron chi connectivity index (χ0n) is 15.4. The molecule has 0 saturated heterocycles. The van der Waals surface area contributed by atoms with Gasteiger partial charge in [0.1, 0.15) is 0 Å². The number of hydrogen-bond donors (Lipinski definition) is 1. The lowest BCUT2D eigenvalue weighted by atomic mass is 10.2. The molecule has 4 aromatic heterocycles. The van der Waals surface area contributed by atoms with Crippen LogP contribution < -0.4 is 0 Å². The van der Waals surface area contributed by atoms with Gasteiger partial charge in [-0.1, -0.05) is 13.3 Å². The third-order valence-corrected chi connectivity index (χ3v) is 4.51. The van der Waals surface area contributed by atoms with Crippen molar-refractivity contribution in [2.24, 2.45) is 0 Å². The summed E-state index contributed by atoms with van der Waals surface area (Å²) in [7, 11) is 0. The first kappa shape index (κ1) is 17.4. The molecule has 0 aliphatic rings. The third kappa shape index (κ3) is 3.61. The Morgan fingerprint density at radius 1 is 0.926 bits per heavy atom. The van der Waals surface area contributed by atoms with Gasteiger partial charge in [0.25, 0.3) is 0 Å². The van der Waals surface area contributed by atoms with Gasteiger partial charge in [0.05, 0.1) is 41.7 Å². The highest BCUT2D eigenvalue weighted by molar-refractivity contribution is 5.78. The number of aromatic nitrogens is 7. The molecule has 27 heavy (non-hydrogen) atoms. The molecular formula is C19H23N7O. The molecule has 0 aliphatic heterocycles. The maximum absolute atomic E-state index is 8.99. The van der Waals surface area contributed by atoms with Crippen LogP contribution in [0.4, 0.5) is 0 Å². The van der Waals surface area contributed by atoms with Crippen molar-refractivity contribution in [1.82, 2.24) is 34.2 Å². The van der Waals surface area contributed by atoms with Crippen molar-refractivity contribution >= 4 is 5.52 Å². The van der Waals surface area contributed by atoms with Gasteiger partial charge in [-0.3, -0.25) is 9.36 Å². The Kier molecular flexibility index (Phi) is 4.97. The summed E-state index contributed by atoms with van der Waals surface area (Å²) in [4.78, 5) is 4.88. The molecule has 0 amide bonds. The Bertz CT molecular complexity index is 1030. The van der Waals surface area contributed by atoms with Crippen LogP contribution in [0, 0.1) is 0 Å². The molecule has 4 rings (SSSR count). The highest BCUT2D eigenvalue weighted by atomic mass is 16.3. The molecule has 0 atom stereocenters. The van der Waals surface area contributed by atoms with Crippen LogP contribution >= 0.6 is 0 Å². The highest BCUT2D eigenvalue weighted by Gasteiger charge is 2.13. The van der Waals surface area contributed by atoms with Gasteiger partial charge in [-0.05, 0) is 18.9 Å². The maximum Gasteiger partial charge on any atom is 0.0999 e. The minimum absolute atomic E-state index is 0.152. The second kappa shape index (κ2) is 7.71. The van der Waals surface area contributed by atoms with Crippen molar-refractivity contribution in [2.45, 2.75) is 39.3 Å². The fourth-order valence-corrected chi connectivity index (χ4v) is 3.06. The summed E-state index contributed by atoms with van der Waals surface area (Å²) in [5.74, 6) is 0. The Morgan fingerprint density at radius 2 is 1.67 bits per heavy atom. The van der Waals surface area contributed by atoms with Crippen LogP contribution in [0.15, 0.2) is 43.2 Å². The van der Waals surface area contributed by atoms with Gasteiger partial charge in [0, 0.05) is 43.2 Å². The number of aliphatic hydroxyl groups is 1. The standard InChI is InChI=1S/C19H23N7O/c1-2-3-7-24-13-16(11-22-24)19-18-5-6-20-26(18)14-17(23-19)15-10-21-25(12-15)8-4-9-27/h5-6,10-14,27H,2-4,7-9H2,1H3. The second-order valence-corrected chi connectivity index (χ2v) is 6.55. The average molecular weight is 365 g/mol. The van der Waals surface area contributed by atoms with Gasteiger partial charge in [-0.15, -0.1) is 0 Å². The summed E-state index contributed by atoms with van der Waals surface area (Å²) in [6.45, 7) is 3.91. The van der Waals surface area contributed by atoms with Crippen LogP contribution in [0.5, 0.6) is 0 Å². The van der Waals surface area contributed by atoms with Gasteiger partial charge in [-0.25, -0.2) is 9.50 Å². The normalized spacial score (nSPS) is 11.5. The van der Waals surface area contributed by atoms with Crippen LogP contribution in [0.1, 0.15) is 26.2 Å². The van der Waals surface area contributed by atoms with Crippen molar-refractivity contribution in [1.29, 1.82) is 0 Å². The first-order valence-corrected chi connectivity index (χ1v) is 9.29. The Morgan fingerprint density at radius 3 is 2.44 bits per heavy atom. The lowest BCUT2D eigenvalue weighted by molar-refractivity contribution is 0.277. The van der Waals surface area contributed by atoms with E-state index in [1.165, 1.54) is 0 Å². The molecule has 0 spiro atoms. The summed E-state index contributed by atoms with van der Waals surface area (Å²) >= 11 is 0. The molecular weight excluding hydrogens is 342 g/mol. The predicted octanol–water partition coefficient (Wildman–Crippen LogP) is 2.64. The van der Waals surface area contributed by atoms with Gasteiger partial charge >= 0.3 is 0 Å². The molecule has 8 nitrogen and oxygen atoms in total. The van der Waals surface area contributed by atoms with Crippen LogP contribution in [0.2, 0.25) is 0 Å². The minimum Gasteiger partial charge on any atom is -0.396 e. The Hall–Kier alpha value is -3.00. The zero-order valence-corrected chi connectivity index (χ0v) is 15.4. The lowest BCUT2D eigenvalue weighted by Gasteiger charge is -2.05. The third-order valence-electron chi connectivity index (χ3n) is 4.51. The maximum atomic E-state index is 8.99. The quantitative estimate of drug-likeness (QED) is 0.519. The molecule has 0 saturated carbocycles. The van der Waals surface area contributed by atoms with E-state index in [1.807, 2.05) is 44.7 Å². The Labute approximate surface area is 157 Å². The summed E-state index contributed by atoms with van der Waals surface area (Å²) in [6, 6.07) is 1.96. The van der Waals surface area contributed by atoms with E-state index in [2.05, 4.69) is 22.2 Å². The molecule has 0 bridgehead atoms. The van der Waals surface area contributed by atoms with Gasteiger partial charge < -0.3 is 5.11 Å². The zero-order chi connectivity index (χ0) is 18.6. The van der Waals surface area contributed by atoms with E-state index in [4.69, 9.17) is 10.1 Å². The smallest absolute Gasteiger partial charge is 0.0999 e. The first-order chi connectivity index (χ1) is 13.3. The minimum atomic E-state index is 0.152. The highest BCUT2D eigenvalue weighted by Crippen LogP contribution is 2.26. The summed E-state index contributed by atoms with van der Waals surface area (Å²) < 4.78 is 5.63. The average Bonchev–Trinajstić information content (AvgIpc) is 3.44. The SMILES string of the molecule is CCCCn1cc(-c2nc(-c3cnn(CCCO)c3)cn3nccc23)cn1. The van der Waals surface area contributed by atoms with Crippen molar-refractivity contribution in [3.8, 4) is 22.5 Å². The number of nitrogens with zero attached hydrogens (tertiary/aromatic N) is 7. The van der Waals surface area contributed by atoms with Crippen molar-refractivity contribution in [3.05, 3.63) is 43.2 Å². The van der Waals surface area contributed by atoms with Gasteiger partial charge in [0.2, 0.25) is 0 Å². The van der Waals surface area contributed by atoms with Crippen molar-refractivity contribution < 1.29 is 5.11 Å². The molecule has 140 valence electrons. The lowest BCUT2D eigenvalue weighted by Crippen LogP contribution is -2.00. The number of aryl methyl sites for hydroxylation is 2. The predicted molar refractivity (Wildman–Crippen MR) is 102 cm³/mol. The number of aliphatic hydroxyl groups excluding tert-OH is 1. The second-order valence-electron chi connectivity index (χ2n) is 6.55. The first-order valence-electron chi connectivity index (χ1n) is 9.29. The van der Waals surface area contributed by atoms with Gasteiger partial charge in [-0.2, -0.15) is 15.3 Å². The Balaban J connectivity index is 1.71. The summed E-state index contributed by atoms with van der Waals surface area (Å²) in [5.41, 5.74) is 4.51. The number of hydrogen-bond acceptors (Lipinski definition) is 5. The fraction of sp³-hybridized carbons (Fsp3) is 0.368. The van der Waals surface area contributed by atoms with Crippen LogP contribution in [-0.2, 0) is 13.1 Å². The summed E-state index contributed by atoms with van der Waals surface area (Å²) in [5, 5.41) is 22.2. The van der Waals surface area contributed by atoms with Crippen LogP contribution in [0.25, 0.3) is 28.0 Å². The molecule has 1 N–H and O–H groups in total. The van der Waals surface area contributed by atoms with E-state index in [1.54, 1.807) is 12.4 Å². The number of rotatable bonds is 8. The molecule has 4 heterocycles. The van der Waals surface area contributed by atoms with Crippen molar-refractivity contribution in [2.75, 3.05) is 6.61 Å². The summed E-state index contributed by atoms with van der Waals surface area (Å²) in [6.07, 6.45) is 14.2. The molecule has 4 aromatic rings. The van der Waals surface area contributed by atoms with E-state index >= 15 is 0 Å². The number of fused-ring (bicyclic) bond motifs is 1. The van der Waals surface area contributed by atoms with Crippen molar-refractivity contribution in [3.63, 3.8) is 0 Å². The molecule has 0 radical (unpaired) electrons. The molecule has 0 unspecified atom stereocenters. The van der Waals surface area contributed by atoms with E-state index in [0.29, 0.717) is 13.0 Å².